The summed E-state index contributed by atoms with van der Waals surface area (Å²) in [5.74, 6) is -0.976. The molecule has 1 N–H and O–H groups in total. The van der Waals surface area contributed by atoms with E-state index in [0.29, 0.717) is 25.9 Å². The fraction of sp³-hybridized carbons (Fsp3) is 0.391. The number of carbonyl (C=O) groups excluding carboxylic acids is 1. The number of hydrogen-bond donors (Lipinski definition) is 1. The number of piperidine rings is 1. The second-order valence-corrected chi connectivity index (χ2v) is 7.66. The van der Waals surface area contributed by atoms with Crippen molar-refractivity contribution in [1.82, 2.24) is 4.90 Å². The van der Waals surface area contributed by atoms with Gasteiger partial charge in [-0.15, -0.1) is 0 Å². The van der Waals surface area contributed by atoms with E-state index in [1.165, 1.54) is 4.90 Å². The Bertz CT molecular complexity index is 815. The molecule has 154 valence electrons. The Kier molecular flexibility index (Phi) is 6.42. The third-order valence-corrected chi connectivity index (χ3v) is 5.49. The van der Waals surface area contributed by atoms with Crippen molar-refractivity contribution in [2.24, 2.45) is 0 Å². The monoisotopic (exact) mass is 396 g/mol. The first-order chi connectivity index (χ1) is 13.9. The summed E-state index contributed by atoms with van der Waals surface area (Å²) in [5.41, 5.74) is 0.662. The smallest absolute Gasteiger partial charge is 0.411 e. The largest absolute Gasteiger partial charge is 0.479 e. The summed E-state index contributed by atoms with van der Waals surface area (Å²) in [6, 6.07) is 19.0. The van der Waals surface area contributed by atoms with E-state index in [1.807, 2.05) is 74.5 Å². The van der Waals surface area contributed by atoms with Crippen molar-refractivity contribution in [3.05, 3.63) is 66.2 Å². The number of rotatable bonds is 6. The van der Waals surface area contributed by atoms with Crippen molar-refractivity contribution in [3.8, 4) is 0 Å². The van der Waals surface area contributed by atoms with Crippen LogP contribution in [0.25, 0.3) is 0 Å². The zero-order chi connectivity index (χ0) is 20.9. The maximum atomic E-state index is 12.9. The molecule has 29 heavy (non-hydrogen) atoms. The number of benzene rings is 2. The van der Waals surface area contributed by atoms with E-state index >= 15 is 0 Å². The Morgan fingerprint density at radius 1 is 1.03 bits per heavy atom. The third kappa shape index (κ3) is 4.53. The lowest BCUT2D eigenvalue weighted by Gasteiger charge is -2.47. The maximum Gasteiger partial charge on any atom is 0.411 e. The predicted octanol–water partition coefficient (Wildman–Crippen LogP) is 4.16. The van der Waals surface area contributed by atoms with Gasteiger partial charge in [-0.3, -0.25) is 4.90 Å². The van der Waals surface area contributed by atoms with Gasteiger partial charge in [-0.2, -0.15) is 0 Å². The van der Waals surface area contributed by atoms with Crippen molar-refractivity contribution in [2.75, 3.05) is 18.0 Å². The van der Waals surface area contributed by atoms with Gasteiger partial charge in [0.05, 0.1) is 0 Å². The van der Waals surface area contributed by atoms with Gasteiger partial charge in [0.2, 0.25) is 0 Å². The van der Waals surface area contributed by atoms with Gasteiger partial charge in [-0.05, 0) is 44.4 Å². The Morgan fingerprint density at radius 3 is 2.10 bits per heavy atom. The van der Waals surface area contributed by atoms with Crippen LogP contribution in [0.4, 0.5) is 10.5 Å². The highest BCUT2D eigenvalue weighted by Gasteiger charge is 2.50. The summed E-state index contributed by atoms with van der Waals surface area (Å²) >= 11 is 0. The van der Waals surface area contributed by atoms with E-state index in [4.69, 9.17) is 4.74 Å². The molecule has 2 aromatic carbocycles. The number of anilines is 1. The molecule has 0 saturated carbocycles. The summed E-state index contributed by atoms with van der Waals surface area (Å²) in [7, 11) is 0. The molecule has 0 unspecified atom stereocenters. The second-order valence-electron chi connectivity index (χ2n) is 7.66. The molecule has 1 heterocycles. The molecule has 6 nitrogen and oxygen atoms in total. The molecule has 0 bridgehead atoms. The molecule has 0 aromatic heterocycles. The second kappa shape index (κ2) is 8.99. The standard InChI is InChI=1S/C23H28N2O4/c1-18(2)25(22(28)29-17-19-9-5-3-6-10-19)23(21(26)27)13-15-24(16-14-23)20-11-7-4-8-12-20/h3-12,18H,13-17H2,1-2H3,(H,26,27). The molecule has 0 atom stereocenters. The number of aliphatic carboxylic acids is 1. The van der Waals surface area contributed by atoms with E-state index in [-0.39, 0.29) is 12.6 Å². The Balaban J connectivity index is 1.76. The van der Waals surface area contributed by atoms with Crippen LogP contribution in [0, 0.1) is 0 Å². The SMILES string of the molecule is CC(C)N(C(=O)OCc1ccccc1)C1(C(=O)O)CCN(c2ccccc2)CC1. The molecular formula is C23H28N2O4. The Labute approximate surface area is 171 Å². The molecule has 3 rings (SSSR count). The van der Waals surface area contributed by atoms with Crippen molar-refractivity contribution in [3.63, 3.8) is 0 Å². The molecule has 6 heteroatoms. The third-order valence-electron chi connectivity index (χ3n) is 5.49. The lowest BCUT2D eigenvalue weighted by Crippen LogP contribution is -2.64. The number of hydrogen-bond acceptors (Lipinski definition) is 4. The molecule has 0 spiro atoms. The minimum atomic E-state index is -1.27. The van der Waals surface area contributed by atoms with Crippen LogP contribution in [-0.2, 0) is 16.1 Å². The van der Waals surface area contributed by atoms with E-state index in [1.54, 1.807) is 0 Å². The van der Waals surface area contributed by atoms with Crippen LogP contribution in [0.15, 0.2) is 60.7 Å². The molecule has 0 radical (unpaired) electrons. The van der Waals surface area contributed by atoms with Crippen LogP contribution < -0.4 is 4.90 Å². The number of carboxylic acid groups (broad SMARTS) is 1. The minimum absolute atomic E-state index is 0.120. The molecule has 1 amide bonds. The predicted molar refractivity (Wildman–Crippen MR) is 112 cm³/mol. The van der Waals surface area contributed by atoms with Crippen molar-refractivity contribution < 1.29 is 19.4 Å². The number of carbonyl (C=O) groups is 2. The highest BCUT2D eigenvalue weighted by molar-refractivity contribution is 5.85. The van der Waals surface area contributed by atoms with Crippen LogP contribution in [0.2, 0.25) is 0 Å². The molecule has 0 aliphatic carbocycles. The van der Waals surface area contributed by atoms with Crippen molar-refractivity contribution in [2.45, 2.75) is 44.9 Å². The number of amides is 1. The number of carboxylic acids is 1. The molecule has 2 aromatic rings. The maximum absolute atomic E-state index is 12.9. The molecule has 1 aliphatic heterocycles. The van der Waals surface area contributed by atoms with Crippen LogP contribution in [0.3, 0.4) is 0 Å². The normalized spacial score (nSPS) is 15.8. The van der Waals surface area contributed by atoms with Gasteiger partial charge in [-0.25, -0.2) is 9.59 Å². The van der Waals surface area contributed by atoms with Crippen LogP contribution in [0.1, 0.15) is 32.3 Å². The number of ether oxygens (including phenoxy) is 1. The van der Waals surface area contributed by atoms with Crippen LogP contribution >= 0.6 is 0 Å². The van der Waals surface area contributed by atoms with Gasteiger partial charge in [0.1, 0.15) is 12.1 Å². The lowest BCUT2D eigenvalue weighted by atomic mass is 9.84. The lowest BCUT2D eigenvalue weighted by molar-refractivity contribution is -0.153. The van der Waals surface area contributed by atoms with Gasteiger partial charge in [0, 0.05) is 24.8 Å². The van der Waals surface area contributed by atoms with E-state index < -0.39 is 17.6 Å². The van der Waals surface area contributed by atoms with Crippen molar-refractivity contribution in [1.29, 1.82) is 0 Å². The highest BCUT2D eigenvalue weighted by atomic mass is 16.6. The summed E-state index contributed by atoms with van der Waals surface area (Å²) in [6.07, 6.45) is 0.102. The highest BCUT2D eigenvalue weighted by Crippen LogP contribution is 2.34. The Morgan fingerprint density at radius 2 is 1.59 bits per heavy atom. The fourth-order valence-corrected chi connectivity index (χ4v) is 4.00. The van der Waals surface area contributed by atoms with E-state index in [0.717, 1.165) is 11.3 Å². The topological polar surface area (TPSA) is 70.1 Å². The molecule has 1 fully saturated rings. The van der Waals surface area contributed by atoms with E-state index in [9.17, 15) is 14.7 Å². The summed E-state index contributed by atoms with van der Waals surface area (Å²) < 4.78 is 5.50. The average molecular weight is 396 g/mol. The first-order valence-corrected chi connectivity index (χ1v) is 9.97. The van der Waals surface area contributed by atoms with Gasteiger partial charge < -0.3 is 14.7 Å². The molecule has 1 saturated heterocycles. The number of para-hydroxylation sites is 1. The quantitative estimate of drug-likeness (QED) is 0.794. The summed E-state index contributed by atoms with van der Waals surface area (Å²) in [5, 5.41) is 10.1. The zero-order valence-corrected chi connectivity index (χ0v) is 17.0. The Hall–Kier alpha value is -3.02. The number of nitrogens with zero attached hydrogens (tertiary/aromatic N) is 2. The van der Waals surface area contributed by atoms with Crippen LogP contribution in [-0.4, -0.2) is 46.7 Å². The van der Waals surface area contributed by atoms with Crippen molar-refractivity contribution >= 4 is 17.7 Å². The molecule has 1 aliphatic rings. The first-order valence-electron chi connectivity index (χ1n) is 9.97. The summed E-state index contributed by atoms with van der Waals surface area (Å²) in [4.78, 5) is 28.9. The van der Waals surface area contributed by atoms with Gasteiger partial charge >= 0.3 is 12.1 Å². The fourth-order valence-electron chi connectivity index (χ4n) is 4.00. The van der Waals surface area contributed by atoms with Crippen LogP contribution in [0.5, 0.6) is 0 Å². The van der Waals surface area contributed by atoms with Gasteiger partial charge in [0.15, 0.2) is 0 Å². The summed E-state index contributed by atoms with van der Waals surface area (Å²) in [6.45, 7) is 4.90. The van der Waals surface area contributed by atoms with Gasteiger partial charge in [0.25, 0.3) is 0 Å². The molecular weight excluding hydrogens is 368 g/mol. The first kappa shape index (κ1) is 20.7. The average Bonchev–Trinajstić information content (AvgIpc) is 2.74. The zero-order valence-electron chi connectivity index (χ0n) is 17.0. The van der Waals surface area contributed by atoms with E-state index in [2.05, 4.69) is 4.90 Å². The minimum Gasteiger partial charge on any atom is -0.479 e. The van der Waals surface area contributed by atoms with Gasteiger partial charge in [-0.1, -0.05) is 48.5 Å².